The van der Waals surface area contributed by atoms with Crippen LogP contribution < -0.4 is 4.74 Å². The molecule has 0 radical (unpaired) electrons. The predicted molar refractivity (Wildman–Crippen MR) is 77.4 cm³/mol. The molecule has 0 fully saturated rings. The van der Waals surface area contributed by atoms with Crippen LogP contribution in [0.2, 0.25) is 5.02 Å². The molecule has 1 aromatic carbocycles. The standard InChI is InChI=1S/C15H14ClNO3/c1-2-5-20-12-6-11(8-17-9-12)10-3-4-14(16)13(7-10)15(18)19/h3-4,6-9H,2,5H2,1H3,(H,18,19). The summed E-state index contributed by atoms with van der Waals surface area (Å²) < 4.78 is 5.51. The molecule has 0 saturated heterocycles. The number of halogens is 1. The largest absolute Gasteiger partial charge is 0.492 e. The van der Waals surface area contributed by atoms with Gasteiger partial charge in [-0.2, -0.15) is 0 Å². The molecule has 0 unspecified atom stereocenters. The first-order chi connectivity index (χ1) is 9.61. The SMILES string of the molecule is CCCOc1cncc(-c2ccc(Cl)c(C(=O)O)c2)c1. The van der Waals surface area contributed by atoms with Gasteiger partial charge in [-0.05, 0) is 30.2 Å². The fourth-order valence-electron chi connectivity index (χ4n) is 1.74. The topological polar surface area (TPSA) is 59.4 Å². The summed E-state index contributed by atoms with van der Waals surface area (Å²) in [5.74, 6) is -0.389. The van der Waals surface area contributed by atoms with E-state index in [2.05, 4.69) is 4.98 Å². The third-order valence-electron chi connectivity index (χ3n) is 2.72. The van der Waals surface area contributed by atoms with Crippen LogP contribution in [0.4, 0.5) is 0 Å². The molecular weight excluding hydrogens is 278 g/mol. The quantitative estimate of drug-likeness (QED) is 0.908. The first kappa shape index (κ1) is 14.3. The molecule has 2 aromatic rings. The van der Waals surface area contributed by atoms with Gasteiger partial charge in [-0.15, -0.1) is 0 Å². The van der Waals surface area contributed by atoms with Gasteiger partial charge in [0.2, 0.25) is 0 Å². The van der Waals surface area contributed by atoms with Crippen LogP contribution in [-0.4, -0.2) is 22.7 Å². The highest BCUT2D eigenvalue weighted by molar-refractivity contribution is 6.33. The van der Waals surface area contributed by atoms with Gasteiger partial charge in [0.1, 0.15) is 5.75 Å². The molecular formula is C15H14ClNO3. The maximum Gasteiger partial charge on any atom is 0.337 e. The van der Waals surface area contributed by atoms with E-state index in [1.807, 2.05) is 13.0 Å². The Bertz CT molecular complexity index is 628. The Kier molecular flexibility index (Phi) is 4.58. The Morgan fingerprint density at radius 3 is 2.80 bits per heavy atom. The van der Waals surface area contributed by atoms with Gasteiger partial charge in [0.25, 0.3) is 0 Å². The van der Waals surface area contributed by atoms with E-state index in [4.69, 9.17) is 21.4 Å². The molecule has 0 amide bonds. The molecule has 5 heteroatoms. The molecule has 0 aliphatic rings. The summed E-state index contributed by atoms with van der Waals surface area (Å²) in [6.07, 6.45) is 4.20. The maximum absolute atomic E-state index is 11.1. The Hall–Kier alpha value is -2.07. The van der Waals surface area contributed by atoms with Crippen LogP contribution in [0.1, 0.15) is 23.7 Å². The smallest absolute Gasteiger partial charge is 0.337 e. The summed E-state index contributed by atoms with van der Waals surface area (Å²) in [6, 6.07) is 6.69. The molecule has 4 nitrogen and oxygen atoms in total. The second kappa shape index (κ2) is 6.39. The minimum atomic E-state index is -1.05. The molecule has 0 spiro atoms. The fraction of sp³-hybridized carbons (Fsp3) is 0.200. The van der Waals surface area contributed by atoms with Crippen molar-refractivity contribution in [3.05, 3.63) is 47.2 Å². The number of pyridine rings is 1. The summed E-state index contributed by atoms with van der Waals surface area (Å²) in [5, 5.41) is 9.30. The molecule has 1 heterocycles. The van der Waals surface area contributed by atoms with E-state index in [1.165, 1.54) is 6.07 Å². The summed E-state index contributed by atoms with van der Waals surface area (Å²) in [7, 11) is 0. The van der Waals surface area contributed by atoms with Crippen LogP contribution in [0.15, 0.2) is 36.7 Å². The third-order valence-corrected chi connectivity index (χ3v) is 3.05. The molecule has 0 aliphatic carbocycles. The molecule has 0 bridgehead atoms. The summed E-state index contributed by atoms with van der Waals surface area (Å²) >= 11 is 5.86. The Morgan fingerprint density at radius 1 is 1.30 bits per heavy atom. The maximum atomic E-state index is 11.1. The van der Waals surface area contributed by atoms with Crippen LogP contribution in [0, 0.1) is 0 Å². The van der Waals surface area contributed by atoms with Gasteiger partial charge in [0, 0.05) is 11.8 Å². The van der Waals surface area contributed by atoms with Crippen LogP contribution in [0.25, 0.3) is 11.1 Å². The zero-order valence-corrected chi connectivity index (χ0v) is 11.7. The number of rotatable bonds is 5. The average Bonchev–Trinajstić information content (AvgIpc) is 2.45. The van der Waals surface area contributed by atoms with Crippen molar-refractivity contribution in [1.29, 1.82) is 0 Å². The van der Waals surface area contributed by atoms with E-state index in [9.17, 15) is 4.79 Å². The first-order valence-corrected chi connectivity index (χ1v) is 6.60. The highest BCUT2D eigenvalue weighted by Gasteiger charge is 2.10. The number of ether oxygens (including phenoxy) is 1. The second-order valence-electron chi connectivity index (χ2n) is 4.26. The average molecular weight is 292 g/mol. The summed E-state index contributed by atoms with van der Waals surface area (Å²) in [6.45, 7) is 2.64. The van der Waals surface area contributed by atoms with E-state index >= 15 is 0 Å². The zero-order chi connectivity index (χ0) is 14.5. The van der Waals surface area contributed by atoms with E-state index < -0.39 is 5.97 Å². The third kappa shape index (κ3) is 3.27. The predicted octanol–water partition coefficient (Wildman–Crippen LogP) is 3.89. The van der Waals surface area contributed by atoms with E-state index in [1.54, 1.807) is 24.5 Å². The lowest BCUT2D eigenvalue weighted by atomic mass is 10.0. The molecule has 104 valence electrons. The minimum absolute atomic E-state index is 0.0732. The second-order valence-corrected chi connectivity index (χ2v) is 4.66. The minimum Gasteiger partial charge on any atom is -0.492 e. The number of nitrogens with zero attached hydrogens (tertiary/aromatic N) is 1. The Morgan fingerprint density at radius 2 is 2.10 bits per heavy atom. The molecule has 0 aliphatic heterocycles. The van der Waals surface area contributed by atoms with Crippen molar-refractivity contribution < 1.29 is 14.6 Å². The van der Waals surface area contributed by atoms with Gasteiger partial charge in [0.05, 0.1) is 23.4 Å². The Balaban J connectivity index is 2.36. The summed E-state index contributed by atoms with van der Waals surface area (Å²) in [4.78, 5) is 15.2. The monoisotopic (exact) mass is 291 g/mol. The number of carboxylic acid groups (broad SMARTS) is 1. The van der Waals surface area contributed by atoms with Crippen LogP contribution in [0.3, 0.4) is 0 Å². The highest BCUT2D eigenvalue weighted by Crippen LogP contribution is 2.27. The van der Waals surface area contributed by atoms with Gasteiger partial charge >= 0.3 is 5.97 Å². The molecule has 0 saturated carbocycles. The van der Waals surface area contributed by atoms with Crippen LogP contribution >= 0.6 is 11.6 Å². The van der Waals surface area contributed by atoms with Gasteiger partial charge in [-0.1, -0.05) is 24.6 Å². The normalized spacial score (nSPS) is 10.3. The zero-order valence-electron chi connectivity index (χ0n) is 11.0. The van der Waals surface area contributed by atoms with E-state index in [0.29, 0.717) is 12.4 Å². The van der Waals surface area contributed by atoms with Crippen molar-refractivity contribution in [1.82, 2.24) is 4.98 Å². The van der Waals surface area contributed by atoms with Crippen LogP contribution in [0.5, 0.6) is 5.75 Å². The number of aromatic carboxylic acids is 1. The van der Waals surface area contributed by atoms with E-state index in [0.717, 1.165) is 17.5 Å². The lowest BCUT2D eigenvalue weighted by Crippen LogP contribution is -1.98. The van der Waals surface area contributed by atoms with Crippen molar-refractivity contribution in [3.63, 3.8) is 0 Å². The van der Waals surface area contributed by atoms with Crippen LogP contribution in [-0.2, 0) is 0 Å². The lowest BCUT2D eigenvalue weighted by molar-refractivity contribution is 0.0697. The number of aromatic nitrogens is 1. The number of hydrogen-bond acceptors (Lipinski definition) is 3. The number of hydrogen-bond donors (Lipinski definition) is 1. The lowest BCUT2D eigenvalue weighted by Gasteiger charge is -2.08. The van der Waals surface area contributed by atoms with E-state index in [-0.39, 0.29) is 10.6 Å². The van der Waals surface area contributed by atoms with Gasteiger partial charge in [-0.25, -0.2) is 4.79 Å². The Labute approximate surface area is 122 Å². The van der Waals surface area contributed by atoms with Crippen molar-refractivity contribution in [2.45, 2.75) is 13.3 Å². The first-order valence-electron chi connectivity index (χ1n) is 6.23. The molecule has 2 rings (SSSR count). The molecule has 1 N–H and O–H groups in total. The highest BCUT2D eigenvalue weighted by atomic mass is 35.5. The van der Waals surface area contributed by atoms with Crippen molar-refractivity contribution in [3.8, 4) is 16.9 Å². The van der Waals surface area contributed by atoms with Gasteiger partial charge < -0.3 is 9.84 Å². The van der Waals surface area contributed by atoms with Crippen molar-refractivity contribution in [2.75, 3.05) is 6.61 Å². The van der Waals surface area contributed by atoms with Crippen molar-refractivity contribution in [2.24, 2.45) is 0 Å². The van der Waals surface area contributed by atoms with Gasteiger partial charge in [0.15, 0.2) is 0 Å². The molecule has 1 aromatic heterocycles. The fourth-order valence-corrected chi connectivity index (χ4v) is 1.94. The summed E-state index contributed by atoms with van der Waals surface area (Å²) in [5.41, 5.74) is 1.60. The number of carboxylic acids is 1. The van der Waals surface area contributed by atoms with Crippen molar-refractivity contribution >= 4 is 17.6 Å². The molecule has 20 heavy (non-hydrogen) atoms. The number of benzene rings is 1. The molecule has 0 atom stereocenters. The van der Waals surface area contributed by atoms with Gasteiger partial charge in [-0.3, -0.25) is 4.98 Å². The number of carbonyl (C=O) groups is 1.